The second-order valence-electron chi connectivity index (χ2n) is 5.13. The van der Waals surface area contributed by atoms with Crippen LogP contribution in [0.15, 0.2) is 18.2 Å². The molecule has 0 aliphatic carbocycles. The lowest BCUT2D eigenvalue weighted by Gasteiger charge is -2.17. The molecule has 0 atom stereocenters. The van der Waals surface area contributed by atoms with E-state index in [1.807, 2.05) is 0 Å². The van der Waals surface area contributed by atoms with Gasteiger partial charge in [-0.15, -0.1) is 0 Å². The van der Waals surface area contributed by atoms with Crippen LogP contribution in [0.2, 0.25) is 0 Å². The second-order valence-corrected chi connectivity index (χ2v) is 5.13. The summed E-state index contributed by atoms with van der Waals surface area (Å²) < 4.78 is 4.92. The number of methoxy groups -OCH3 is 1. The smallest absolute Gasteiger partial charge is 0.311 e. The molecule has 1 rings (SSSR count). The maximum Gasteiger partial charge on any atom is 0.311 e. The molecule has 1 amide bonds. The Hall–Kier alpha value is -2.15. The number of ether oxygens (including phenoxy) is 1. The molecule has 0 bridgehead atoms. The highest BCUT2D eigenvalue weighted by Crippen LogP contribution is 2.27. The summed E-state index contributed by atoms with van der Waals surface area (Å²) in [4.78, 5) is 24.8. The zero-order chi connectivity index (χ0) is 17.2. The number of rotatable bonds is 10. The van der Waals surface area contributed by atoms with Crippen molar-refractivity contribution < 1.29 is 14.5 Å². The molecule has 7 heteroatoms. The van der Waals surface area contributed by atoms with Crippen LogP contribution in [0, 0.1) is 10.1 Å². The van der Waals surface area contributed by atoms with Crippen LogP contribution >= 0.6 is 0 Å². The summed E-state index contributed by atoms with van der Waals surface area (Å²) in [6.07, 6.45) is 1.88. The van der Waals surface area contributed by atoms with E-state index in [9.17, 15) is 14.9 Å². The van der Waals surface area contributed by atoms with Gasteiger partial charge in [0.25, 0.3) is 5.91 Å². The van der Waals surface area contributed by atoms with E-state index in [-0.39, 0.29) is 22.9 Å². The van der Waals surface area contributed by atoms with E-state index in [1.54, 1.807) is 0 Å². The van der Waals surface area contributed by atoms with Crippen LogP contribution in [0.4, 0.5) is 5.69 Å². The molecule has 0 radical (unpaired) electrons. The van der Waals surface area contributed by atoms with Crippen LogP contribution in [-0.2, 0) is 0 Å². The monoisotopic (exact) mass is 323 g/mol. The van der Waals surface area contributed by atoms with Crippen molar-refractivity contribution in [2.24, 2.45) is 0 Å². The van der Waals surface area contributed by atoms with Gasteiger partial charge in [-0.3, -0.25) is 14.9 Å². The summed E-state index contributed by atoms with van der Waals surface area (Å²) in [5.41, 5.74) is 0.0583. The Labute approximate surface area is 136 Å². The third-order valence-corrected chi connectivity index (χ3v) is 3.72. The lowest BCUT2D eigenvalue weighted by Crippen LogP contribution is -2.27. The van der Waals surface area contributed by atoms with E-state index >= 15 is 0 Å². The van der Waals surface area contributed by atoms with Gasteiger partial charge in [0, 0.05) is 18.2 Å². The summed E-state index contributed by atoms with van der Waals surface area (Å²) in [6.45, 7) is 7.87. The highest BCUT2D eigenvalue weighted by molar-refractivity contribution is 5.95. The van der Waals surface area contributed by atoms with Crippen molar-refractivity contribution in [3.63, 3.8) is 0 Å². The Morgan fingerprint density at radius 2 is 2.00 bits per heavy atom. The van der Waals surface area contributed by atoms with Crippen molar-refractivity contribution in [3.8, 4) is 5.75 Å². The van der Waals surface area contributed by atoms with Crippen LogP contribution < -0.4 is 10.1 Å². The SMILES string of the molecule is CCN(CC)CCCCNC(=O)c1ccc(OC)c([N+](=O)[O-])c1. The molecule has 128 valence electrons. The number of nitrogens with zero attached hydrogens (tertiary/aromatic N) is 2. The molecule has 0 aliphatic rings. The number of unbranched alkanes of at least 4 members (excludes halogenated alkanes) is 1. The zero-order valence-corrected chi connectivity index (χ0v) is 14.0. The van der Waals surface area contributed by atoms with Crippen molar-refractivity contribution in [3.05, 3.63) is 33.9 Å². The molecule has 0 saturated carbocycles. The topological polar surface area (TPSA) is 84.7 Å². The summed E-state index contributed by atoms with van der Waals surface area (Å²) in [7, 11) is 1.36. The van der Waals surface area contributed by atoms with Crippen molar-refractivity contribution in [2.45, 2.75) is 26.7 Å². The summed E-state index contributed by atoms with van der Waals surface area (Å²) in [5, 5.41) is 13.8. The largest absolute Gasteiger partial charge is 0.490 e. The Balaban J connectivity index is 2.49. The first-order chi connectivity index (χ1) is 11.0. The Bertz CT molecular complexity index is 530. The van der Waals surface area contributed by atoms with Crippen LogP contribution in [-0.4, -0.2) is 49.0 Å². The maximum atomic E-state index is 12.0. The lowest BCUT2D eigenvalue weighted by atomic mass is 10.1. The van der Waals surface area contributed by atoms with E-state index in [0.717, 1.165) is 32.5 Å². The van der Waals surface area contributed by atoms with Crippen molar-refractivity contribution in [1.29, 1.82) is 0 Å². The average molecular weight is 323 g/mol. The number of nitrogens with one attached hydrogen (secondary N) is 1. The standard InChI is InChI=1S/C16H25N3O4/c1-4-18(5-2)11-7-6-10-17-16(20)13-8-9-15(23-3)14(12-13)19(21)22/h8-9,12H,4-7,10-11H2,1-3H3,(H,17,20). The molecule has 1 aromatic rings. The predicted molar refractivity (Wildman–Crippen MR) is 89.0 cm³/mol. The average Bonchev–Trinajstić information content (AvgIpc) is 2.57. The van der Waals surface area contributed by atoms with E-state index < -0.39 is 4.92 Å². The summed E-state index contributed by atoms with van der Waals surface area (Å²) in [6, 6.07) is 4.20. The van der Waals surface area contributed by atoms with Crippen LogP contribution in [0.25, 0.3) is 0 Å². The fraction of sp³-hybridized carbons (Fsp3) is 0.562. The number of amides is 1. The molecule has 0 spiro atoms. The molecule has 1 aromatic carbocycles. The number of hydrogen-bond acceptors (Lipinski definition) is 5. The Morgan fingerprint density at radius 1 is 1.30 bits per heavy atom. The van der Waals surface area contributed by atoms with Gasteiger partial charge in [0.1, 0.15) is 0 Å². The van der Waals surface area contributed by atoms with Gasteiger partial charge in [-0.1, -0.05) is 13.8 Å². The van der Waals surface area contributed by atoms with Gasteiger partial charge >= 0.3 is 5.69 Å². The molecule has 0 unspecified atom stereocenters. The van der Waals surface area contributed by atoms with Crippen molar-refractivity contribution in [1.82, 2.24) is 10.2 Å². The van der Waals surface area contributed by atoms with Gasteiger partial charge in [0.2, 0.25) is 0 Å². The van der Waals surface area contributed by atoms with E-state index in [0.29, 0.717) is 6.54 Å². The molecule has 0 fully saturated rings. The molecule has 7 nitrogen and oxygen atoms in total. The number of benzene rings is 1. The fourth-order valence-corrected chi connectivity index (χ4v) is 2.28. The van der Waals surface area contributed by atoms with Gasteiger partial charge in [-0.25, -0.2) is 0 Å². The predicted octanol–water partition coefficient (Wildman–Crippen LogP) is 2.46. The van der Waals surface area contributed by atoms with Crippen molar-refractivity contribution >= 4 is 11.6 Å². The molecular formula is C16H25N3O4. The maximum absolute atomic E-state index is 12.0. The van der Waals surface area contributed by atoms with E-state index in [4.69, 9.17) is 4.74 Å². The lowest BCUT2D eigenvalue weighted by molar-refractivity contribution is -0.385. The highest BCUT2D eigenvalue weighted by Gasteiger charge is 2.17. The first kappa shape index (κ1) is 18.9. The second kappa shape index (κ2) is 9.78. The van der Waals surface area contributed by atoms with Gasteiger partial charge < -0.3 is 15.0 Å². The molecule has 0 heterocycles. The van der Waals surface area contributed by atoms with Gasteiger partial charge in [-0.05, 0) is 44.6 Å². The fourth-order valence-electron chi connectivity index (χ4n) is 2.28. The van der Waals surface area contributed by atoms with Crippen LogP contribution in [0.1, 0.15) is 37.0 Å². The Morgan fingerprint density at radius 3 is 2.57 bits per heavy atom. The molecule has 23 heavy (non-hydrogen) atoms. The summed E-state index contributed by atoms with van der Waals surface area (Å²) in [5.74, 6) is -0.163. The number of nitro groups is 1. The van der Waals surface area contributed by atoms with Crippen LogP contribution in [0.3, 0.4) is 0 Å². The normalized spacial score (nSPS) is 10.6. The molecule has 0 aromatic heterocycles. The third-order valence-electron chi connectivity index (χ3n) is 3.72. The zero-order valence-electron chi connectivity index (χ0n) is 14.0. The molecule has 0 aliphatic heterocycles. The van der Waals surface area contributed by atoms with Gasteiger partial charge in [0.05, 0.1) is 12.0 Å². The van der Waals surface area contributed by atoms with Gasteiger partial charge in [-0.2, -0.15) is 0 Å². The third kappa shape index (κ3) is 5.86. The molecule has 1 N–H and O–H groups in total. The van der Waals surface area contributed by atoms with Crippen molar-refractivity contribution in [2.75, 3.05) is 33.3 Å². The highest BCUT2D eigenvalue weighted by atomic mass is 16.6. The summed E-state index contributed by atoms with van der Waals surface area (Å²) >= 11 is 0. The molecule has 0 saturated heterocycles. The van der Waals surface area contributed by atoms with Gasteiger partial charge in [0.15, 0.2) is 5.75 Å². The minimum absolute atomic E-state index is 0.144. The Kier molecular flexibility index (Phi) is 8.04. The molecular weight excluding hydrogens is 298 g/mol. The first-order valence-corrected chi connectivity index (χ1v) is 7.86. The minimum atomic E-state index is -0.556. The quantitative estimate of drug-likeness (QED) is 0.406. The van der Waals surface area contributed by atoms with E-state index in [1.165, 1.54) is 25.3 Å². The number of nitro benzene ring substituents is 1. The number of hydrogen-bond donors (Lipinski definition) is 1. The number of carbonyl (C=O) groups excluding carboxylic acids is 1. The van der Waals surface area contributed by atoms with Crippen LogP contribution in [0.5, 0.6) is 5.75 Å². The number of carbonyl (C=O) groups is 1. The van der Waals surface area contributed by atoms with E-state index in [2.05, 4.69) is 24.1 Å². The first-order valence-electron chi connectivity index (χ1n) is 7.86. The minimum Gasteiger partial charge on any atom is -0.490 e.